The van der Waals surface area contributed by atoms with Crippen molar-refractivity contribution in [1.29, 1.82) is 0 Å². The molecule has 21 heavy (non-hydrogen) atoms. The highest BCUT2D eigenvalue weighted by atomic mass is 16.5. The Morgan fingerprint density at radius 1 is 1.00 bits per heavy atom. The van der Waals surface area contributed by atoms with Crippen LogP contribution in [0.1, 0.15) is 25.2 Å². The largest absolute Gasteiger partial charge is 0.464 e. The van der Waals surface area contributed by atoms with Crippen LogP contribution in [-0.2, 0) is 6.54 Å². The number of nitrogens with one attached hydrogen (secondary N) is 2. The maximum Gasteiger partial charge on any atom is 0.323 e. The van der Waals surface area contributed by atoms with E-state index in [9.17, 15) is 0 Å². The van der Waals surface area contributed by atoms with E-state index in [4.69, 9.17) is 4.74 Å². The summed E-state index contributed by atoms with van der Waals surface area (Å²) >= 11 is 0. The normalized spacial score (nSPS) is 10.2. The van der Waals surface area contributed by atoms with Crippen molar-refractivity contribution in [3.63, 3.8) is 0 Å². The Morgan fingerprint density at radius 2 is 1.76 bits per heavy atom. The summed E-state index contributed by atoms with van der Waals surface area (Å²) in [6.07, 6.45) is 3.44. The van der Waals surface area contributed by atoms with Crippen molar-refractivity contribution in [3.8, 4) is 6.01 Å². The summed E-state index contributed by atoms with van der Waals surface area (Å²) in [5.41, 5.74) is 1.69. The van der Waals surface area contributed by atoms with Gasteiger partial charge in [0.05, 0.1) is 30.7 Å². The van der Waals surface area contributed by atoms with E-state index in [2.05, 4.69) is 35.6 Å². The minimum Gasteiger partial charge on any atom is -0.464 e. The van der Waals surface area contributed by atoms with E-state index < -0.39 is 0 Å². The number of anilines is 2. The molecule has 0 spiro atoms. The van der Waals surface area contributed by atoms with Crippen molar-refractivity contribution in [1.82, 2.24) is 24.9 Å². The molecule has 0 atom stereocenters. The first-order valence-electron chi connectivity index (χ1n) is 6.85. The Morgan fingerprint density at radius 3 is 2.38 bits per heavy atom. The highest BCUT2D eigenvalue weighted by Gasteiger charge is 2.07. The van der Waals surface area contributed by atoms with Crippen LogP contribution in [0.4, 0.5) is 11.9 Å². The lowest BCUT2D eigenvalue weighted by Gasteiger charge is -2.09. The predicted octanol–water partition coefficient (Wildman–Crippen LogP) is 1.41. The number of ether oxygens (including phenoxy) is 1. The second-order valence-electron chi connectivity index (χ2n) is 4.23. The van der Waals surface area contributed by atoms with Gasteiger partial charge in [-0.25, -0.2) is 0 Å². The summed E-state index contributed by atoms with van der Waals surface area (Å²) in [6, 6.07) is 0.293. The molecule has 0 amide bonds. The third kappa shape index (κ3) is 4.51. The zero-order chi connectivity index (χ0) is 15.1. The van der Waals surface area contributed by atoms with Gasteiger partial charge >= 0.3 is 6.01 Å². The van der Waals surface area contributed by atoms with Gasteiger partial charge in [0, 0.05) is 12.7 Å². The fraction of sp³-hybridized carbons (Fsp3) is 0.462. The molecular weight excluding hydrogens is 270 g/mol. The van der Waals surface area contributed by atoms with Crippen molar-refractivity contribution in [2.75, 3.05) is 23.8 Å². The van der Waals surface area contributed by atoms with Gasteiger partial charge in [-0.3, -0.25) is 9.97 Å². The highest BCUT2D eigenvalue weighted by molar-refractivity contribution is 5.36. The molecule has 0 unspecified atom stereocenters. The number of hydrogen-bond donors (Lipinski definition) is 2. The molecule has 0 saturated heterocycles. The Hall–Kier alpha value is -2.51. The van der Waals surface area contributed by atoms with E-state index in [0.29, 0.717) is 31.1 Å². The molecule has 0 fully saturated rings. The molecule has 112 valence electrons. The molecule has 0 radical (unpaired) electrons. The second-order valence-corrected chi connectivity index (χ2v) is 4.23. The first kappa shape index (κ1) is 14.9. The van der Waals surface area contributed by atoms with Crippen LogP contribution in [0.25, 0.3) is 0 Å². The van der Waals surface area contributed by atoms with E-state index in [1.54, 1.807) is 12.4 Å². The van der Waals surface area contributed by atoms with Gasteiger partial charge in [-0.15, -0.1) is 0 Å². The zero-order valence-corrected chi connectivity index (χ0v) is 12.4. The summed E-state index contributed by atoms with van der Waals surface area (Å²) in [6.45, 7) is 7.45. The van der Waals surface area contributed by atoms with E-state index in [1.807, 2.05) is 20.8 Å². The number of aromatic nitrogens is 5. The summed E-state index contributed by atoms with van der Waals surface area (Å²) < 4.78 is 5.33. The van der Waals surface area contributed by atoms with Gasteiger partial charge in [0.15, 0.2) is 0 Å². The molecule has 0 bridgehead atoms. The molecule has 8 nitrogen and oxygen atoms in total. The van der Waals surface area contributed by atoms with Crippen LogP contribution in [0.3, 0.4) is 0 Å². The second kappa shape index (κ2) is 7.32. The van der Waals surface area contributed by atoms with Crippen LogP contribution in [0.5, 0.6) is 6.01 Å². The number of nitrogens with zero attached hydrogens (tertiary/aromatic N) is 5. The summed E-state index contributed by atoms with van der Waals surface area (Å²) in [5.74, 6) is 0.917. The molecule has 0 aromatic carbocycles. The zero-order valence-electron chi connectivity index (χ0n) is 12.4. The first-order chi connectivity index (χ1) is 10.2. The number of rotatable bonds is 7. The van der Waals surface area contributed by atoms with Crippen LogP contribution in [0.15, 0.2) is 12.4 Å². The third-order valence-electron chi connectivity index (χ3n) is 2.49. The Labute approximate surface area is 123 Å². The minimum atomic E-state index is 0.293. The molecule has 2 aromatic rings. The maximum absolute atomic E-state index is 5.33. The van der Waals surface area contributed by atoms with Crippen molar-refractivity contribution >= 4 is 11.9 Å². The lowest BCUT2D eigenvalue weighted by atomic mass is 10.4. The number of hydrogen-bond acceptors (Lipinski definition) is 8. The summed E-state index contributed by atoms with van der Waals surface area (Å²) in [5, 5.41) is 6.14. The average molecular weight is 289 g/mol. The van der Waals surface area contributed by atoms with E-state index in [-0.39, 0.29) is 0 Å². The topological polar surface area (TPSA) is 97.7 Å². The Bertz CT molecular complexity index is 549. The molecule has 0 saturated carbocycles. The van der Waals surface area contributed by atoms with Gasteiger partial charge in [0.1, 0.15) is 0 Å². The highest BCUT2D eigenvalue weighted by Crippen LogP contribution is 2.11. The van der Waals surface area contributed by atoms with Gasteiger partial charge in [-0.1, -0.05) is 0 Å². The molecule has 0 aliphatic carbocycles. The summed E-state index contributed by atoms with van der Waals surface area (Å²) in [7, 11) is 0. The quantitative estimate of drug-likeness (QED) is 0.789. The van der Waals surface area contributed by atoms with E-state index >= 15 is 0 Å². The third-order valence-corrected chi connectivity index (χ3v) is 2.49. The van der Waals surface area contributed by atoms with E-state index in [0.717, 1.165) is 17.9 Å². The van der Waals surface area contributed by atoms with Gasteiger partial charge in [-0.2, -0.15) is 15.0 Å². The van der Waals surface area contributed by atoms with Gasteiger partial charge in [-0.05, 0) is 20.8 Å². The monoisotopic (exact) mass is 289 g/mol. The minimum absolute atomic E-state index is 0.293. The van der Waals surface area contributed by atoms with Crippen LogP contribution in [-0.4, -0.2) is 38.1 Å². The van der Waals surface area contributed by atoms with Crippen molar-refractivity contribution in [2.45, 2.75) is 27.3 Å². The Balaban J connectivity index is 2.08. The maximum atomic E-state index is 5.33. The lowest BCUT2D eigenvalue weighted by Crippen LogP contribution is -2.11. The van der Waals surface area contributed by atoms with Crippen LogP contribution >= 0.6 is 0 Å². The van der Waals surface area contributed by atoms with Gasteiger partial charge < -0.3 is 15.4 Å². The molecular formula is C13H19N7O. The molecule has 2 rings (SSSR count). The predicted molar refractivity (Wildman–Crippen MR) is 79.3 cm³/mol. The van der Waals surface area contributed by atoms with Crippen LogP contribution < -0.4 is 15.4 Å². The molecule has 2 aromatic heterocycles. The SMILES string of the molecule is CCNc1nc(NCc2cnc(C)cn2)nc(OCC)n1. The molecule has 0 aliphatic heterocycles. The fourth-order valence-electron chi connectivity index (χ4n) is 1.55. The molecule has 0 aliphatic rings. The smallest absolute Gasteiger partial charge is 0.323 e. The van der Waals surface area contributed by atoms with Crippen molar-refractivity contribution in [2.24, 2.45) is 0 Å². The van der Waals surface area contributed by atoms with Crippen LogP contribution in [0.2, 0.25) is 0 Å². The average Bonchev–Trinajstić information content (AvgIpc) is 2.47. The van der Waals surface area contributed by atoms with Gasteiger partial charge in [0.25, 0.3) is 0 Å². The van der Waals surface area contributed by atoms with Crippen molar-refractivity contribution in [3.05, 3.63) is 23.8 Å². The van der Waals surface area contributed by atoms with E-state index in [1.165, 1.54) is 0 Å². The van der Waals surface area contributed by atoms with Crippen LogP contribution in [0, 0.1) is 6.92 Å². The first-order valence-corrected chi connectivity index (χ1v) is 6.85. The standard InChI is InChI=1S/C13H19N7O/c1-4-14-11-18-12(20-13(19-11)21-5-2)17-8-10-7-15-9(3)6-16-10/h6-7H,4-5,8H2,1-3H3,(H2,14,17,18,19,20). The Kier molecular flexibility index (Phi) is 5.19. The molecule has 8 heteroatoms. The summed E-state index contributed by atoms with van der Waals surface area (Å²) in [4.78, 5) is 21.1. The fourth-order valence-corrected chi connectivity index (χ4v) is 1.55. The van der Waals surface area contributed by atoms with Gasteiger partial charge in [0.2, 0.25) is 11.9 Å². The molecule has 2 heterocycles. The number of aryl methyl sites for hydroxylation is 1. The van der Waals surface area contributed by atoms with Crippen molar-refractivity contribution < 1.29 is 4.74 Å². The lowest BCUT2D eigenvalue weighted by molar-refractivity contribution is 0.312. The molecule has 2 N–H and O–H groups in total.